The highest BCUT2D eigenvalue weighted by molar-refractivity contribution is 6.36. The lowest BCUT2D eigenvalue weighted by Crippen LogP contribution is -2.10. The quantitative estimate of drug-likeness (QED) is 0.802. The number of carbonyl (C=O) groups excluding carboxylic acids is 1. The number of methoxy groups -OCH3 is 1. The lowest BCUT2D eigenvalue weighted by Gasteiger charge is -2.12. The van der Waals surface area contributed by atoms with E-state index >= 15 is 0 Å². The van der Waals surface area contributed by atoms with Gasteiger partial charge in [-0.3, -0.25) is 9.78 Å². The summed E-state index contributed by atoms with van der Waals surface area (Å²) >= 11 is 11.8. The number of aryl methyl sites for hydroxylation is 1. The highest BCUT2D eigenvalue weighted by atomic mass is 35.5. The maximum Gasteiger partial charge on any atom is 0.188 e. The molecule has 0 N–H and O–H groups in total. The summed E-state index contributed by atoms with van der Waals surface area (Å²) in [7, 11) is 1.60. The zero-order valence-corrected chi connectivity index (χ0v) is 13.4. The molecule has 0 radical (unpaired) electrons. The summed E-state index contributed by atoms with van der Waals surface area (Å²) in [6.45, 7) is 3.78. The van der Waals surface area contributed by atoms with Crippen LogP contribution in [0.2, 0.25) is 10.0 Å². The summed E-state index contributed by atoms with van der Waals surface area (Å²) in [5.74, 6) is 0.529. The van der Waals surface area contributed by atoms with Crippen molar-refractivity contribution in [2.24, 2.45) is 0 Å². The highest BCUT2D eigenvalue weighted by Crippen LogP contribution is 2.25. The molecular weight excluding hydrogens is 311 g/mol. The third-order valence-corrected chi connectivity index (χ3v) is 3.64. The Kier molecular flexibility index (Phi) is 4.80. The van der Waals surface area contributed by atoms with E-state index in [2.05, 4.69) is 9.97 Å². The molecule has 0 saturated carbocycles. The molecule has 2 aromatic rings. The highest BCUT2D eigenvalue weighted by Gasteiger charge is 2.17. The van der Waals surface area contributed by atoms with Gasteiger partial charge in [0.15, 0.2) is 5.78 Å². The van der Waals surface area contributed by atoms with Crippen LogP contribution in [0, 0.1) is 13.8 Å². The predicted octanol–water partition coefficient (Wildman–Crippen LogP) is 3.83. The first-order valence-corrected chi connectivity index (χ1v) is 7.03. The van der Waals surface area contributed by atoms with Crippen LogP contribution in [0.1, 0.15) is 27.3 Å². The molecule has 0 aromatic carbocycles. The van der Waals surface area contributed by atoms with Crippen LogP contribution in [0.25, 0.3) is 0 Å². The Labute approximate surface area is 133 Å². The second-order valence-corrected chi connectivity index (χ2v) is 5.47. The van der Waals surface area contributed by atoms with Crippen molar-refractivity contribution in [2.75, 3.05) is 7.11 Å². The average Bonchev–Trinajstić information content (AvgIpc) is 2.42. The number of ether oxygens (including phenoxy) is 1. The molecule has 110 valence electrons. The smallest absolute Gasteiger partial charge is 0.188 e. The Balaban J connectivity index is 2.32. The summed E-state index contributed by atoms with van der Waals surface area (Å²) in [4.78, 5) is 20.6. The molecule has 0 atom stereocenters. The van der Waals surface area contributed by atoms with Crippen molar-refractivity contribution in [3.63, 3.8) is 0 Å². The van der Waals surface area contributed by atoms with Gasteiger partial charge in [0.25, 0.3) is 0 Å². The van der Waals surface area contributed by atoms with Gasteiger partial charge in [-0.15, -0.1) is 0 Å². The molecule has 2 heterocycles. The fraction of sp³-hybridized carbons (Fsp3) is 0.267. The Hall–Kier alpha value is -1.65. The summed E-state index contributed by atoms with van der Waals surface area (Å²) in [5, 5.41) is 0.632. The molecule has 2 rings (SSSR count). The molecule has 0 unspecified atom stereocenters. The number of Topliss-reactive ketones (excluding diaryl/α,β-unsaturated/α-hetero) is 1. The van der Waals surface area contributed by atoms with Gasteiger partial charge in [0.2, 0.25) is 0 Å². The van der Waals surface area contributed by atoms with E-state index in [1.165, 1.54) is 12.3 Å². The van der Waals surface area contributed by atoms with Crippen LogP contribution in [-0.2, 0) is 6.42 Å². The molecule has 0 aliphatic rings. The number of carbonyl (C=O) groups is 1. The third-order valence-electron chi connectivity index (χ3n) is 3.15. The molecule has 0 bridgehead atoms. The first kappa shape index (κ1) is 15.7. The van der Waals surface area contributed by atoms with Gasteiger partial charge in [-0.2, -0.15) is 0 Å². The van der Waals surface area contributed by atoms with Gasteiger partial charge in [-0.25, -0.2) is 4.98 Å². The Bertz CT molecular complexity index is 702. The number of hydrogen-bond donors (Lipinski definition) is 0. The van der Waals surface area contributed by atoms with Gasteiger partial charge in [-0.1, -0.05) is 23.2 Å². The minimum atomic E-state index is -0.210. The largest absolute Gasteiger partial charge is 0.496 e. The van der Waals surface area contributed by atoms with Gasteiger partial charge in [0.1, 0.15) is 11.4 Å². The SMILES string of the molecule is COc1c(C)cnc(CC(=O)c2ncc(Cl)cc2Cl)c1C. The summed E-state index contributed by atoms with van der Waals surface area (Å²) < 4.78 is 5.33. The van der Waals surface area contributed by atoms with E-state index in [4.69, 9.17) is 27.9 Å². The number of pyridine rings is 2. The second kappa shape index (κ2) is 6.41. The lowest BCUT2D eigenvalue weighted by atomic mass is 10.0. The van der Waals surface area contributed by atoms with E-state index < -0.39 is 0 Å². The van der Waals surface area contributed by atoms with E-state index in [9.17, 15) is 4.79 Å². The topological polar surface area (TPSA) is 52.1 Å². The van der Waals surface area contributed by atoms with Crippen molar-refractivity contribution < 1.29 is 9.53 Å². The maximum absolute atomic E-state index is 12.3. The van der Waals surface area contributed by atoms with Crippen molar-refractivity contribution in [1.82, 2.24) is 9.97 Å². The van der Waals surface area contributed by atoms with Crippen molar-refractivity contribution in [2.45, 2.75) is 20.3 Å². The van der Waals surface area contributed by atoms with Crippen LogP contribution in [-0.4, -0.2) is 22.9 Å². The first-order valence-electron chi connectivity index (χ1n) is 6.27. The van der Waals surface area contributed by atoms with Crippen LogP contribution in [0.3, 0.4) is 0 Å². The fourth-order valence-corrected chi connectivity index (χ4v) is 2.59. The molecule has 0 fully saturated rings. The molecule has 0 amide bonds. The molecule has 2 aromatic heterocycles. The minimum Gasteiger partial charge on any atom is -0.496 e. The number of ketones is 1. The van der Waals surface area contributed by atoms with E-state index in [1.807, 2.05) is 13.8 Å². The zero-order chi connectivity index (χ0) is 15.6. The Morgan fingerprint density at radius 2 is 1.95 bits per heavy atom. The molecule has 4 nitrogen and oxygen atoms in total. The molecule has 21 heavy (non-hydrogen) atoms. The molecule has 0 aliphatic heterocycles. The monoisotopic (exact) mass is 324 g/mol. The summed E-state index contributed by atoms with van der Waals surface area (Å²) in [6, 6.07) is 1.50. The van der Waals surface area contributed by atoms with E-state index in [1.54, 1.807) is 13.3 Å². The molecular formula is C15H14Cl2N2O2. The van der Waals surface area contributed by atoms with Crippen LogP contribution >= 0.6 is 23.2 Å². The van der Waals surface area contributed by atoms with Crippen molar-refractivity contribution in [3.8, 4) is 5.75 Å². The van der Waals surface area contributed by atoms with Gasteiger partial charge >= 0.3 is 0 Å². The minimum absolute atomic E-state index is 0.108. The third kappa shape index (κ3) is 3.34. The van der Waals surface area contributed by atoms with Gasteiger partial charge < -0.3 is 4.74 Å². The van der Waals surface area contributed by atoms with Crippen molar-refractivity contribution in [3.05, 3.63) is 51.0 Å². The number of rotatable bonds is 4. The van der Waals surface area contributed by atoms with E-state index in [-0.39, 0.29) is 22.9 Å². The molecule has 0 aliphatic carbocycles. The van der Waals surface area contributed by atoms with Crippen LogP contribution in [0.15, 0.2) is 18.5 Å². The fourth-order valence-electron chi connectivity index (χ4n) is 2.10. The van der Waals surface area contributed by atoms with Crippen LogP contribution in [0.4, 0.5) is 0 Å². The standard InChI is InChI=1S/C15H14Cl2N2O2/c1-8-6-18-12(9(2)15(8)21-3)5-13(20)14-11(17)4-10(16)7-19-14/h4,6-7H,5H2,1-3H3. The van der Waals surface area contributed by atoms with Crippen LogP contribution in [0.5, 0.6) is 5.75 Å². The maximum atomic E-state index is 12.3. The predicted molar refractivity (Wildman–Crippen MR) is 82.6 cm³/mol. The molecule has 0 saturated heterocycles. The number of nitrogens with zero attached hydrogens (tertiary/aromatic N) is 2. The first-order chi connectivity index (χ1) is 9.93. The summed E-state index contributed by atoms with van der Waals surface area (Å²) in [6.07, 6.45) is 3.19. The molecule has 6 heteroatoms. The van der Waals surface area contributed by atoms with E-state index in [0.29, 0.717) is 10.7 Å². The normalized spacial score (nSPS) is 10.5. The number of hydrogen-bond acceptors (Lipinski definition) is 4. The van der Waals surface area contributed by atoms with Crippen molar-refractivity contribution >= 4 is 29.0 Å². The number of aromatic nitrogens is 2. The number of halogens is 2. The Morgan fingerprint density at radius 1 is 1.24 bits per heavy atom. The lowest BCUT2D eigenvalue weighted by molar-refractivity contribution is 0.0987. The molecule has 0 spiro atoms. The average molecular weight is 325 g/mol. The summed E-state index contributed by atoms with van der Waals surface area (Å²) in [5.41, 5.74) is 2.61. The van der Waals surface area contributed by atoms with Crippen molar-refractivity contribution in [1.29, 1.82) is 0 Å². The Morgan fingerprint density at radius 3 is 2.57 bits per heavy atom. The van der Waals surface area contributed by atoms with Crippen LogP contribution < -0.4 is 4.74 Å². The van der Waals surface area contributed by atoms with Gasteiger partial charge in [-0.05, 0) is 19.9 Å². The van der Waals surface area contributed by atoms with E-state index in [0.717, 1.165) is 16.9 Å². The van der Waals surface area contributed by atoms with Gasteiger partial charge in [0, 0.05) is 23.5 Å². The van der Waals surface area contributed by atoms with Gasteiger partial charge in [0.05, 0.1) is 29.3 Å². The second-order valence-electron chi connectivity index (χ2n) is 4.63. The zero-order valence-electron chi connectivity index (χ0n) is 11.9.